The molecule has 6 atom stereocenters. The highest BCUT2D eigenvalue weighted by Gasteiger charge is 2.60. The SMILES string of the molecule is CNCCC[C@@H]1C[C@H](SC2=C(C(=O)O)N3C(=O)[C@H]([C@@H](C)O)C3[C@H]2C)CN1. The second-order valence-corrected chi connectivity index (χ2v) is 8.94. The number of amides is 1. The van der Waals surface area contributed by atoms with Gasteiger partial charge in [-0.1, -0.05) is 6.92 Å². The highest BCUT2D eigenvalue weighted by Crippen LogP contribution is 2.51. The molecule has 3 rings (SSSR count). The van der Waals surface area contributed by atoms with Crippen LogP contribution >= 0.6 is 11.8 Å². The zero-order valence-corrected chi connectivity index (χ0v) is 16.4. The van der Waals surface area contributed by atoms with Gasteiger partial charge >= 0.3 is 5.97 Å². The van der Waals surface area contributed by atoms with Gasteiger partial charge in [-0.2, -0.15) is 0 Å². The zero-order chi connectivity index (χ0) is 19.0. The maximum Gasteiger partial charge on any atom is 0.353 e. The lowest BCUT2D eigenvalue weighted by atomic mass is 9.79. The van der Waals surface area contributed by atoms with Crippen molar-refractivity contribution in [1.82, 2.24) is 15.5 Å². The summed E-state index contributed by atoms with van der Waals surface area (Å²) in [6.07, 6.45) is 2.48. The van der Waals surface area contributed by atoms with Gasteiger partial charge in [0, 0.05) is 28.7 Å². The van der Waals surface area contributed by atoms with E-state index in [9.17, 15) is 19.8 Å². The molecule has 3 aliphatic rings. The van der Waals surface area contributed by atoms with Crippen LogP contribution in [0.25, 0.3) is 0 Å². The highest BCUT2D eigenvalue weighted by atomic mass is 32.2. The van der Waals surface area contributed by atoms with Gasteiger partial charge in [-0.15, -0.1) is 11.8 Å². The Kier molecular flexibility index (Phi) is 5.96. The molecule has 0 saturated carbocycles. The van der Waals surface area contributed by atoms with Gasteiger partial charge in [0.05, 0.1) is 18.1 Å². The molecule has 1 unspecified atom stereocenters. The number of carbonyl (C=O) groups is 2. The van der Waals surface area contributed by atoms with Gasteiger partial charge in [0.15, 0.2) is 0 Å². The second-order valence-electron chi connectivity index (χ2n) is 7.60. The van der Waals surface area contributed by atoms with Crippen LogP contribution < -0.4 is 10.6 Å². The molecule has 0 aromatic rings. The molecule has 0 spiro atoms. The predicted molar refractivity (Wildman–Crippen MR) is 101 cm³/mol. The minimum atomic E-state index is -1.05. The average molecular weight is 384 g/mol. The van der Waals surface area contributed by atoms with Crippen molar-refractivity contribution in [2.75, 3.05) is 20.1 Å². The van der Waals surface area contributed by atoms with E-state index in [2.05, 4.69) is 10.6 Å². The summed E-state index contributed by atoms with van der Waals surface area (Å²) in [6, 6.07) is 0.243. The third-order valence-electron chi connectivity index (χ3n) is 5.77. The summed E-state index contributed by atoms with van der Waals surface area (Å²) in [7, 11) is 1.95. The Bertz CT molecular complexity index is 609. The van der Waals surface area contributed by atoms with Crippen LogP contribution in [0, 0.1) is 11.8 Å². The normalized spacial score (nSPS) is 34.8. The molecular formula is C18H29N3O4S. The summed E-state index contributed by atoms with van der Waals surface area (Å²) in [4.78, 5) is 26.4. The van der Waals surface area contributed by atoms with Gasteiger partial charge in [-0.05, 0) is 39.8 Å². The molecule has 3 heterocycles. The first-order chi connectivity index (χ1) is 12.4. The average Bonchev–Trinajstić information content (AvgIpc) is 3.10. The van der Waals surface area contributed by atoms with E-state index in [0.717, 1.165) is 37.3 Å². The molecule has 0 aromatic heterocycles. The number of carboxylic acids is 1. The number of carboxylic acid groups (broad SMARTS) is 1. The number of fused-ring (bicyclic) bond motifs is 1. The molecule has 7 nitrogen and oxygen atoms in total. The van der Waals surface area contributed by atoms with Gasteiger partial charge in [-0.3, -0.25) is 4.79 Å². The fourth-order valence-corrected chi connectivity index (χ4v) is 5.99. The Morgan fingerprint density at radius 3 is 2.85 bits per heavy atom. The summed E-state index contributed by atoms with van der Waals surface area (Å²) < 4.78 is 0. The number of nitrogens with one attached hydrogen (secondary N) is 2. The maximum atomic E-state index is 12.4. The molecule has 4 N–H and O–H groups in total. The van der Waals surface area contributed by atoms with E-state index < -0.39 is 18.0 Å². The van der Waals surface area contributed by atoms with E-state index in [1.807, 2.05) is 14.0 Å². The number of β-lactam (4-membered cyclic amide) rings is 1. The smallest absolute Gasteiger partial charge is 0.353 e. The minimum absolute atomic E-state index is 0.0493. The first-order valence-electron chi connectivity index (χ1n) is 9.40. The zero-order valence-electron chi connectivity index (χ0n) is 15.6. The van der Waals surface area contributed by atoms with Crippen molar-refractivity contribution < 1.29 is 19.8 Å². The van der Waals surface area contributed by atoms with Crippen molar-refractivity contribution in [3.8, 4) is 0 Å². The van der Waals surface area contributed by atoms with Gasteiger partial charge in [0.2, 0.25) is 5.91 Å². The van der Waals surface area contributed by atoms with Crippen LogP contribution in [0.1, 0.15) is 33.1 Å². The fraction of sp³-hybridized carbons (Fsp3) is 0.778. The second kappa shape index (κ2) is 7.88. The minimum Gasteiger partial charge on any atom is -0.477 e. The number of thioether (sulfide) groups is 1. The third-order valence-corrected chi connectivity index (χ3v) is 7.28. The summed E-state index contributed by atoms with van der Waals surface area (Å²) in [5.74, 6) is -1.85. The fourth-order valence-electron chi connectivity index (χ4n) is 4.48. The first kappa shape index (κ1) is 19.7. The standard InChI is InChI=1S/C18H29N3O4S/c1-9-14-13(10(2)22)17(23)21(14)15(18(24)25)16(9)26-12-7-11(20-8-12)5-4-6-19-3/h9-14,19-20,22H,4-8H2,1-3H3,(H,24,25)/t9-,10-,11-,12+,13-,14?/m1/s1. The van der Waals surface area contributed by atoms with Crippen LogP contribution in [0.3, 0.4) is 0 Å². The summed E-state index contributed by atoms with van der Waals surface area (Å²) in [5.41, 5.74) is 0.132. The molecule has 8 heteroatoms. The van der Waals surface area contributed by atoms with Crippen molar-refractivity contribution in [2.45, 2.75) is 56.5 Å². The predicted octanol–water partition coefficient (Wildman–Crippen LogP) is 0.603. The Labute approximate surface area is 158 Å². The quantitative estimate of drug-likeness (QED) is 0.360. The Morgan fingerprint density at radius 1 is 1.50 bits per heavy atom. The molecule has 2 saturated heterocycles. The summed E-state index contributed by atoms with van der Waals surface area (Å²) in [5, 5.41) is 26.6. The monoisotopic (exact) mass is 383 g/mol. The van der Waals surface area contributed by atoms with Gasteiger partial charge < -0.3 is 25.7 Å². The van der Waals surface area contributed by atoms with E-state index in [0.29, 0.717) is 11.3 Å². The lowest BCUT2D eigenvalue weighted by molar-refractivity contribution is -0.163. The van der Waals surface area contributed by atoms with Crippen LogP contribution in [0.15, 0.2) is 10.6 Å². The Hall–Kier alpha value is -1.09. The van der Waals surface area contributed by atoms with Crippen LogP contribution in [0.2, 0.25) is 0 Å². The van der Waals surface area contributed by atoms with Crippen LogP contribution in [-0.2, 0) is 9.59 Å². The number of nitrogens with zero attached hydrogens (tertiary/aromatic N) is 1. The largest absolute Gasteiger partial charge is 0.477 e. The van der Waals surface area contributed by atoms with Gasteiger partial charge in [0.1, 0.15) is 5.70 Å². The van der Waals surface area contributed by atoms with Crippen molar-refractivity contribution >= 4 is 23.6 Å². The van der Waals surface area contributed by atoms with Crippen molar-refractivity contribution in [1.29, 1.82) is 0 Å². The van der Waals surface area contributed by atoms with Crippen molar-refractivity contribution in [2.24, 2.45) is 11.8 Å². The summed E-state index contributed by atoms with van der Waals surface area (Å²) >= 11 is 1.61. The number of carbonyl (C=O) groups excluding carboxylic acids is 1. The molecule has 0 aliphatic carbocycles. The molecule has 0 radical (unpaired) electrons. The molecule has 2 fully saturated rings. The molecular weight excluding hydrogens is 354 g/mol. The van der Waals surface area contributed by atoms with Crippen molar-refractivity contribution in [3.05, 3.63) is 10.6 Å². The van der Waals surface area contributed by atoms with Crippen molar-refractivity contribution in [3.63, 3.8) is 0 Å². The molecule has 26 heavy (non-hydrogen) atoms. The molecule has 0 aromatic carbocycles. The summed E-state index contributed by atoms with van der Waals surface area (Å²) in [6.45, 7) is 5.44. The molecule has 146 valence electrons. The number of aliphatic hydroxyl groups is 1. The lowest BCUT2D eigenvalue weighted by Crippen LogP contribution is -2.63. The van der Waals surface area contributed by atoms with Crippen LogP contribution in [-0.4, -0.2) is 70.6 Å². The number of rotatable bonds is 8. The third kappa shape index (κ3) is 3.40. The van der Waals surface area contributed by atoms with Gasteiger partial charge in [0.25, 0.3) is 0 Å². The number of hydrogen-bond acceptors (Lipinski definition) is 6. The topological polar surface area (TPSA) is 102 Å². The maximum absolute atomic E-state index is 12.4. The number of aliphatic hydroxyl groups excluding tert-OH is 1. The molecule has 0 bridgehead atoms. The van der Waals surface area contributed by atoms with E-state index in [1.165, 1.54) is 4.90 Å². The van der Waals surface area contributed by atoms with Gasteiger partial charge in [-0.25, -0.2) is 4.79 Å². The van der Waals surface area contributed by atoms with E-state index in [-0.39, 0.29) is 23.6 Å². The van der Waals surface area contributed by atoms with E-state index in [4.69, 9.17) is 0 Å². The van der Waals surface area contributed by atoms with Crippen LogP contribution in [0.4, 0.5) is 0 Å². The number of aliphatic carboxylic acids is 1. The van der Waals surface area contributed by atoms with Crippen LogP contribution in [0.5, 0.6) is 0 Å². The molecule has 3 aliphatic heterocycles. The first-order valence-corrected chi connectivity index (χ1v) is 10.3. The lowest BCUT2D eigenvalue weighted by Gasteiger charge is -2.46. The highest BCUT2D eigenvalue weighted by molar-refractivity contribution is 8.03. The van der Waals surface area contributed by atoms with E-state index >= 15 is 0 Å². The van der Waals surface area contributed by atoms with E-state index in [1.54, 1.807) is 18.7 Å². The number of hydrogen-bond donors (Lipinski definition) is 4. The Balaban J connectivity index is 1.69. The molecule has 1 amide bonds. The Morgan fingerprint density at radius 2 is 2.23 bits per heavy atom.